The van der Waals surface area contributed by atoms with Gasteiger partial charge in [-0.2, -0.15) is 4.98 Å². The molecule has 2 aromatic rings. The van der Waals surface area contributed by atoms with Crippen molar-refractivity contribution in [3.63, 3.8) is 0 Å². The zero-order valence-corrected chi connectivity index (χ0v) is 15.3. The van der Waals surface area contributed by atoms with Gasteiger partial charge >= 0.3 is 0 Å². The predicted molar refractivity (Wildman–Crippen MR) is 101 cm³/mol. The molecule has 0 atom stereocenters. The maximum absolute atomic E-state index is 12.4. The smallest absolute Gasteiger partial charge is 0.254 e. The summed E-state index contributed by atoms with van der Waals surface area (Å²) >= 11 is 0. The number of hydrogen-bond acceptors (Lipinski definition) is 6. The first-order valence-electron chi connectivity index (χ1n) is 9.08. The molecule has 2 aliphatic rings. The van der Waals surface area contributed by atoms with E-state index in [1.807, 2.05) is 24.3 Å². The number of nitrogens with zero attached hydrogens (tertiary/aromatic N) is 3. The minimum absolute atomic E-state index is 0.0676. The van der Waals surface area contributed by atoms with Gasteiger partial charge in [-0.05, 0) is 43.2 Å². The van der Waals surface area contributed by atoms with Crippen molar-refractivity contribution in [1.29, 1.82) is 0 Å². The van der Waals surface area contributed by atoms with Crippen LogP contribution in [0.3, 0.4) is 0 Å². The second-order valence-electron chi connectivity index (χ2n) is 6.99. The summed E-state index contributed by atoms with van der Waals surface area (Å²) in [6, 6.07) is 12.7. The summed E-state index contributed by atoms with van der Waals surface area (Å²) < 4.78 is 11.2. The second kappa shape index (κ2) is 7.08. The highest BCUT2D eigenvalue weighted by molar-refractivity contribution is 5.94. The van der Waals surface area contributed by atoms with Crippen LogP contribution in [0.15, 0.2) is 42.5 Å². The highest BCUT2D eigenvalue weighted by Gasteiger charge is 2.43. The number of hydrogen-bond donors (Lipinski definition) is 1. The number of carbonyl (C=O) groups excluding carboxylic acids is 1. The van der Waals surface area contributed by atoms with Crippen LogP contribution in [0.1, 0.15) is 12.8 Å². The third-order valence-corrected chi connectivity index (χ3v) is 5.33. The highest BCUT2D eigenvalue weighted by atomic mass is 16.5. The van der Waals surface area contributed by atoms with Gasteiger partial charge in [-0.15, -0.1) is 0 Å². The van der Waals surface area contributed by atoms with Crippen molar-refractivity contribution in [2.75, 3.05) is 43.2 Å². The molecule has 0 unspecified atom stereocenters. The lowest BCUT2D eigenvalue weighted by Gasteiger charge is -2.47. The molecular weight excluding hydrogens is 346 g/mol. The monoisotopic (exact) mass is 369 g/mol. The molecule has 0 radical (unpaired) electrons. The maximum atomic E-state index is 12.4. The average Bonchev–Trinajstić information content (AvgIpc) is 2.71. The molecule has 0 bridgehead atoms. The molecule has 2 saturated heterocycles. The maximum Gasteiger partial charge on any atom is 0.254 e. The van der Waals surface area contributed by atoms with E-state index in [0.29, 0.717) is 18.2 Å². The number of methoxy groups -OCH3 is 1. The number of pyridine rings is 1. The molecule has 2 aliphatic heterocycles. The number of anilines is 2. The highest BCUT2D eigenvalue weighted by Crippen LogP contribution is 2.34. The third-order valence-electron chi connectivity index (χ3n) is 5.33. The van der Waals surface area contributed by atoms with E-state index in [9.17, 15) is 9.90 Å². The van der Waals surface area contributed by atoms with Crippen molar-refractivity contribution in [2.45, 2.75) is 18.4 Å². The van der Waals surface area contributed by atoms with Crippen molar-refractivity contribution in [2.24, 2.45) is 0 Å². The van der Waals surface area contributed by atoms with Crippen LogP contribution in [0.4, 0.5) is 11.5 Å². The van der Waals surface area contributed by atoms with Crippen molar-refractivity contribution in [1.82, 2.24) is 4.98 Å². The molecule has 142 valence electrons. The third kappa shape index (κ3) is 3.55. The summed E-state index contributed by atoms with van der Waals surface area (Å²) in [6.45, 7) is 2.23. The van der Waals surface area contributed by atoms with E-state index in [0.717, 1.165) is 31.6 Å². The number of phenols is 1. The minimum Gasteiger partial charge on any atom is -0.508 e. The molecular formula is C20H23N3O4. The molecule has 7 nitrogen and oxygen atoms in total. The fourth-order valence-corrected chi connectivity index (χ4v) is 3.73. The van der Waals surface area contributed by atoms with Crippen molar-refractivity contribution < 1.29 is 19.4 Å². The Hall–Kier alpha value is -2.80. The van der Waals surface area contributed by atoms with Crippen LogP contribution in [0.5, 0.6) is 11.6 Å². The van der Waals surface area contributed by atoms with Gasteiger partial charge in [0.25, 0.3) is 5.91 Å². The van der Waals surface area contributed by atoms with Gasteiger partial charge in [0.1, 0.15) is 18.2 Å². The van der Waals surface area contributed by atoms with Crippen LogP contribution >= 0.6 is 0 Å². The fourth-order valence-electron chi connectivity index (χ4n) is 3.73. The lowest BCUT2D eigenvalue weighted by Crippen LogP contribution is -2.59. The van der Waals surface area contributed by atoms with Crippen LogP contribution in [0, 0.1) is 0 Å². The number of piperidine rings is 1. The number of aromatic nitrogens is 1. The summed E-state index contributed by atoms with van der Waals surface area (Å²) in [6.07, 6.45) is 1.64. The number of benzene rings is 1. The Bertz CT molecular complexity index is 816. The Balaban J connectivity index is 1.48. The lowest BCUT2D eigenvalue weighted by atomic mass is 9.89. The van der Waals surface area contributed by atoms with Crippen molar-refractivity contribution >= 4 is 17.4 Å². The van der Waals surface area contributed by atoms with Gasteiger partial charge in [-0.25, -0.2) is 0 Å². The number of amides is 1. The molecule has 1 aromatic heterocycles. The van der Waals surface area contributed by atoms with E-state index in [2.05, 4.69) is 9.88 Å². The zero-order chi connectivity index (χ0) is 18.9. The first-order chi connectivity index (χ1) is 13.1. The Morgan fingerprint density at radius 2 is 1.89 bits per heavy atom. The van der Waals surface area contributed by atoms with E-state index >= 15 is 0 Å². The first-order valence-corrected chi connectivity index (χ1v) is 9.08. The quantitative estimate of drug-likeness (QED) is 0.894. The Labute approximate surface area is 158 Å². The lowest BCUT2D eigenvalue weighted by molar-refractivity contribution is -0.141. The standard InChI is InChI=1S/C20H23N3O4/c1-26-18-4-2-3-17(21-18)23-14-20(27-13-19(23)25)9-11-22(12-10-20)15-5-7-16(24)8-6-15/h2-8,24H,9-14H2,1H3. The van der Waals surface area contributed by atoms with Gasteiger partial charge in [0.2, 0.25) is 5.88 Å². The minimum atomic E-state index is -0.355. The molecule has 0 saturated carbocycles. The molecule has 4 rings (SSSR count). The molecule has 0 aliphatic carbocycles. The molecule has 1 N–H and O–H groups in total. The van der Waals surface area contributed by atoms with Crippen molar-refractivity contribution in [3.8, 4) is 11.6 Å². The summed E-state index contributed by atoms with van der Waals surface area (Å²) in [7, 11) is 1.56. The molecule has 1 spiro atoms. The number of rotatable bonds is 3. The molecule has 27 heavy (non-hydrogen) atoms. The van der Waals surface area contributed by atoms with Gasteiger partial charge in [0.05, 0.1) is 19.3 Å². The number of carbonyl (C=O) groups is 1. The predicted octanol–water partition coefficient (Wildman–Crippen LogP) is 2.20. The van der Waals surface area contributed by atoms with Gasteiger partial charge in [-0.3, -0.25) is 9.69 Å². The van der Waals surface area contributed by atoms with Crippen molar-refractivity contribution in [3.05, 3.63) is 42.5 Å². The van der Waals surface area contributed by atoms with E-state index in [1.165, 1.54) is 0 Å². The molecule has 3 heterocycles. The van der Waals surface area contributed by atoms with Crippen LogP contribution in [-0.2, 0) is 9.53 Å². The average molecular weight is 369 g/mol. The van der Waals surface area contributed by atoms with E-state index < -0.39 is 0 Å². The van der Waals surface area contributed by atoms with E-state index in [4.69, 9.17) is 9.47 Å². The Morgan fingerprint density at radius 3 is 2.59 bits per heavy atom. The number of ether oxygens (including phenoxy) is 2. The fraction of sp³-hybridized carbons (Fsp3) is 0.400. The van der Waals surface area contributed by atoms with Crippen LogP contribution in [0.25, 0.3) is 0 Å². The van der Waals surface area contributed by atoms with E-state index in [1.54, 1.807) is 30.2 Å². The number of aromatic hydroxyl groups is 1. The molecule has 2 fully saturated rings. The second-order valence-corrected chi connectivity index (χ2v) is 6.99. The summed E-state index contributed by atoms with van der Waals surface area (Å²) in [5, 5.41) is 9.46. The molecule has 1 aromatic carbocycles. The SMILES string of the molecule is COc1cccc(N2CC3(CCN(c4ccc(O)cc4)CC3)OCC2=O)n1. The largest absolute Gasteiger partial charge is 0.508 e. The van der Waals surface area contributed by atoms with Gasteiger partial charge < -0.3 is 19.5 Å². The summed E-state index contributed by atoms with van der Waals surface area (Å²) in [4.78, 5) is 20.8. The number of phenolic OH excluding ortho intramolecular Hbond substituents is 1. The van der Waals surface area contributed by atoms with Gasteiger partial charge in [-0.1, -0.05) is 6.07 Å². The van der Waals surface area contributed by atoms with E-state index in [-0.39, 0.29) is 23.9 Å². The molecule has 1 amide bonds. The van der Waals surface area contributed by atoms with Crippen LogP contribution in [-0.4, -0.2) is 54.9 Å². The Kier molecular flexibility index (Phi) is 4.61. The van der Waals surface area contributed by atoms with Gasteiger partial charge in [0.15, 0.2) is 0 Å². The molecule has 7 heteroatoms. The normalized spacial score (nSPS) is 19.4. The summed E-state index contributed by atoms with van der Waals surface area (Å²) in [5.74, 6) is 1.27. The van der Waals surface area contributed by atoms with Crippen LogP contribution < -0.4 is 14.5 Å². The number of morpholine rings is 1. The van der Waals surface area contributed by atoms with Crippen LogP contribution in [0.2, 0.25) is 0 Å². The first kappa shape index (κ1) is 17.6. The Morgan fingerprint density at radius 1 is 1.15 bits per heavy atom. The zero-order valence-electron chi connectivity index (χ0n) is 15.3. The van der Waals surface area contributed by atoms with Gasteiger partial charge in [0, 0.05) is 24.8 Å². The summed E-state index contributed by atoms with van der Waals surface area (Å²) in [5.41, 5.74) is 0.729. The topological polar surface area (TPSA) is 75.1 Å².